The molecule has 0 aliphatic heterocycles. The summed E-state index contributed by atoms with van der Waals surface area (Å²) in [5.41, 5.74) is 0. The maximum atomic E-state index is 11.4. The Kier molecular flexibility index (Phi) is 18.2. The molecule has 5 nitrogen and oxygen atoms in total. The van der Waals surface area contributed by atoms with Crippen LogP contribution in [0, 0.1) is 0 Å². The largest absolute Gasteiger partial charge is 0.481 e. The normalized spacial score (nSPS) is 12.2. The highest BCUT2D eigenvalue weighted by molar-refractivity contribution is 5.69. The van der Waals surface area contributed by atoms with Gasteiger partial charge in [-0.1, -0.05) is 57.9 Å². The lowest BCUT2D eigenvalue weighted by Crippen LogP contribution is -2.05. The Hall–Kier alpha value is -1.62. The fraction of sp³-hybridized carbons (Fsp3) is 0.684. The van der Waals surface area contributed by atoms with Gasteiger partial charge in [0, 0.05) is 12.8 Å². The average molecular weight is 342 g/mol. The summed E-state index contributed by atoms with van der Waals surface area (Å²) in [5.74, 6) is -1.13. The molecule has 2 N–H and O–H groups in total. The van der Waals surface area contributed by atoms with Crippen molar-refractivity contribution in [1.82, 2.24) is 0 Å². The minimum atomic E-state index is -0.841. The van der Waals surface area contributed by atoms with Crippen LogP contribution >= 0.6 is 0 Å². The molecular weight excluding hydrogens is 308 g/mol. The van der Waals surface area contributed by atoms with Gasteiger partial charge >= 0.3 is 11.9 Å². The van der Waals surface area contributed by atoms with E-state index in [0.717, 1.165) is 25.7 Å². The molecule has 0 aromatic carbocycles. The fourth-order valence-electron chi connectivity index (χ4n) is 1.93. The summed E-state index contributed by atoms with van der Waals surface area (Å²) in [6.45, 7) is 2.45. The molecule has 140 valence electrons. The van der Waals surface area contributed by atoms with E-state index in [-0.39, 0.29) is 26.2 Å². The second kappa shape index (κ2) is 17.7. The molecule has 0 saturated heterocycles. The maximum Gasteiger partial charge on any atom is 0.305 e. The van der Waals surface area contributed by atoms with Gasteiger partial charge < -0.3 is 14.9 Å². The summed E-state index contributed by atoms with van der Waals surface area (Å²) in [6.07, 6.45) is 13.0. The van der Waals surface area contributed by atoms with E-state index in [4.69, 9.17) is 9.84 Å². The number of allylic oxidation sites excluding steroid dienone is 2. The van der Waals surface area contributed by atoms with Crippen LogP contribution in [-0.2, 0) is 14.3 Å². The van der Waals surface area contributed by atoms with Crippen LogP contribution in [0.4, 0.5) is 0 Å². The first-order valence-corrected chi connectivity index (χ1v) is 8.45. The topological polar surface area (TPSA) is 83.8 Å². The molecule has 0 fully saturated rings. The number of esters is 1. The first kappa shape index (κ1) is 24.6. The molecule has 0 bridgehead atoms. The smallest absolute Gasteiger partial charge is 0.305 e. The van der Waals surface area contributed by atoms with E-state index in [1.165, 1.54) is 0 Å². The Labute approximate surface area is 146 Å². The van der Waals surface area contributed by atoms with Crippen molar-refractivity contribution < 1.29 is 24.5 Å². The molecule has 0 aliphatic carbocycles. The average Bonchev–Trinajstić information content (AvgIpc) is 2.50. The molecule has 0 heterocycles. The highest BCUT2D eigenvalue weighted by atomic mass is 16.5. The van der Waals surface area contributed by atoms with Gasteiger partial charge in [-0.05, 0) is 25.7 Å². The van der Waals surface area contributed by atoms with E-state index < -0.39 is 12.1 Å². The molecule has 5 heteroatoms. The fourth-order valence-corrected chi connectivity index (χ4v) is 1.93. The SMILES string of the molecule is C.CCCCCC(O)/C=C/C=C\CCOC(=O)CCCCC(=O)O. The minimum Gasteiger partial charge on any atom is -0.481 e. The molecule has 1 unspecified atom stereocenters. The van der Waals surface area contributed by atoms with Crippen molar-refractivity contribution in [3.8, 4) is 0 Å². The number of carboxylic acids is 1. The molecule has 0 rings (SSSR count). The molecule has 0 aromatic rings. The quantitative estimate of drug-likeness (QED) is 0.280. The molecule has 0 saturated carbocycles. The van der Waals surface area contributed by atoms with Crippen molar-refractivity contribution in [3.05, 3.63) is 24.3 Å². The third-order valence-electron chi connectivity index (χ3n) is 3.25. The zero-order valence-corrected chi connectivity index (χ0v) is 14.1. The van der Waals surface area contributed by atoms with Crippen molar-refractivity contribution in [2.24, 2.45) is 0 Å². The van der Waals surface area contributed by atoms with Gasteiger partial charge in [-0.15, -0.1) is 0 Å². The van der Waals surface area contributed by atoms with Gasteiger partial charge in [-0.3, -0.25) is 9.59 Å². The predicted octanol–water partition coefficient (Wildman–Crippen LogP) is 4.25. The second-order valence-electron chi connectivity index (χ2n) is 5.49. The predicted molar refractivity (Wildman–Crippen MR) is 96.8 cm³/mol. The number of hydrogen-bond donors (Lipinski definition) is 2. The van der Waals surface area contributed by atoms with E-state index in [1.54, 1.807) is 6.08 Å². The highest BCUT2D eigenvalue weighted by Crippen LogP contribution is 2.04. The molecule has 24 heavy (non-hydrogen) atoms. The van der Waals surface area contributed by atoms with Crippen molar-refractivity contribution >= 4 is 11.9 Å². The van der Waals surface area contributed by atoms with Crippen molar-refractivity contribution in [2.75, 3.05) is 6.61 Å². The van der Waals surface area contributed by atoms with Crippen LogP contribution in [0.15, 0.2) is 24.3 Å². The number of hydrogen-bond acceptors (Lipinski definition) is 4. The van der Waals surface area contributed by atoms with E-state index in [2.05, 4.69) is 6.92 Å². The lowest BCUT2D eigenvalue weighted by atomic mass is 10.1. The first-order valence-electron chi connectivity index (χ1n) is 8.45. The van der Waals surface area contributed by atoms with Gasteiger partial charge in [0.25, 0.3) is 0 Å². The van der Waals surface area contributed by atoms with Gasteiger partial charge in [0.05, 0.1) is 12.7 Å². The standard InChI is InChI=1S/C18H30O5.CH4/c1-2-3-6-11-16(19)12-7-4-5-10-15-23-18(22)14-9-8-13-17(20)21;/h4-5,7,12,16,19H,2-3,6,8-11,13-15H2,1H3,(H,20,21);1H4/b5-4-,12-7+;. The lowest BCUT2D eigenvalue weighted by molar-refractivity contribution is -0.144. The number of rotatable bonds is 14. The monoisotopic (exact) mass is 342 g/mol. The number of aliphatic hydroxyl groups excluding tert-OH is 1. The van der Waals surface area contributed by atoms with Gasteiger partial charge in [-0.25, -0.2) is 0 Å². The summed E-state index contributed by atoms with van der Waals surface area (Å²) in [7, 11) is 0. The Balaban J connectivity index is 0. The summed E-state index contributed by atoms with van der Waals surface area (Å²) in [6, 6.07) is 0. The van der Waals surface area contributed by atoms with Crippen LogP contribution in [0.25, 0.3) is 0 Å². The lowest BCUT2D eigenvalue weighted by Gasteiger charge is -2.03. The van der Waals surface area contributed by atoms with Crippen molar-refractivity contribution in [3.63, 3.8) is 0 Å². The van der Waals surface area contributed by atoms with Crippen LogP contribution in [-0.4, -0.2) is 34.9 Å². The first-order chi connectivity index (χ1) is 11.1. The number of aliphatic hydroxyl groups is 1. The van der Waals surface area contributed by atoms with Crippen molar-refractivity contribution in [2.45, 2.75) is 78.2 Å². The second-order valence-corrected chi connectivity index (χ2v) is 5.49. The van der Waals surface area contributed by atoms with E-state index in [1.807, 2.05) is 18.2 Å². The van der Waals surface area contributed by atoms with Gasteiger partial charge in [-0.2, -0.15) is 0 Å². The third kappa shape index (κ3) is 18.4. The molecule has 0 spiro atoms. The number of carbonyl (C=O) groups is 2. The molecule has 1 atom stereocenters. The number of aliphatic carboxylic acids is 1. The van der Waals surface area contributed by atoms with Gasteiger partial charge in [0.15, 0.2) is 0 Å². The molecule has 0 amide bonds. The number of carboxylic acid groups (broad SMARTS) is 1. The van der Waals surface area contributed by atoms with Crippen molar-refractivity contribution in [1.29, 1.82) is 0 Å². The Morgan fingerprint density at radius 2 is 1.79 bits per heavy atom. The molecule has 0 aliphatic rings. The molecule has 0 radical (unpaired) electrons. The zero-order chi connectivity index (χ0) is 17.3. The van der Waals surface area contributed by atoms with Crippen LogP contribution in [0.2, 0.25) is 0 Å². The third-order valence-corrected chi connectivity index (χ3v) is 3.25. The van der Waals surface area contributed by atoms with Crippen LogP contribution < -0.4 is 0 Å². The number of unbranched alkanes of at least 4 members (excludes halogenated alkanes) is 3. The summed E-state index contributed by atoms with van der Waals surface area (Å²) in [5, 5.41) is 18.1. The number of ether oxygens (including phenoxy) is 1. The highest BCUT2D eigenvalue weighted by Gasteiger charge is 2.03. The Morgan fingerprint density at radius 1 is 1.08 bits per heavy atom. The summed E-state index contributed by atoms with van der Waals surface area (Å²) in [4.78, 5) is 21.7. The Bertz CT molecular complexity index is 374. The van der Waals surface area contributed by atoms with Crippen LogP contribution in [0.1, 0.15) is 72.1 Å². The van der Waals surface area contributed by atoms with E-state index in [9.17, 15) is 14.7 Å². The number of carbonyl (C=O) groups excluding carboxylic acids is 1. The summed E-state index contributed by atoms with van der Waals surface area (Å²) < 4.78 is 5.03. The minimum absolute atomic E-state index is 0. The molecule has 0 aromatic heterocycles. The maximum absolute atomic E-state index is 11.4. The van der Waals surface area contributed by atoms with Gasteiger partial charge in [0.2, 0.25) is 0 Å². The Morgan fingerprint density at radius 3 is 2.46 bits per heavy atom. The van der Waals surface area contributed by atoms with E-state index >= 15 is 0 Å². The zero-order valence-electron chi connectivity index (χ0n) is 14.1. The van der Waals surface area contributed by atoms with Crippen LogP contribution in [0.3, 0.4) is 0 Å². The van der Waals surface area contributed by atoms with E-state index in [0.29, 0.717) is 25.9 Å². The molecular formula is C19H34O5. The van der Waals surface area contributed by atoms with Crippen LogP contribution in [0.5, 0.6) is 0 Å². The van der Waals surface area contributed by atoms with Gasteiger partial charge in [0.1, 0.15) is 0 Å². The summed E-state index contributed by atoms with van der Waals surface area (Å²) >= 11 is 0.